The lowest BCUT2D eigenvalue weighted by atomic mass is 9.81. The van der Waals surface area contributed by atoms with Gasteiger partial charge in [0, 0.05) is 19.7 Å². The number of carbonyl (C=O) groups excluding carboxylic acids is 3. The van der Waals surface area contributed by atoms with Gasteiger partial charge in [-0.05, 0) is 37.5 Å². The monoisotopic (exact) mass is 385 g/mol. The number of rotatable bonds is 6. The highest BCUT2D eigenvalue weighted by Gasteiger charge is 2.40. The maximum absolute atomic E-state index is 12.7. The van der Waals surface area contributed by atoms with Crippen LogP contribution < -0.4 is 5.32 Å². The normalized spacial score (nSPS) is 16.4. The summed E-state index contributed by atoms with van der Waals surface area (Å²) in [7, 11) is 1.61. The minimum atomic E-state index is -0.955. The van der Waals surface area contributed by atoms with Gasteiger partial charge in [-0.3, -0.25) is 14.4 Å². The summed E-state index contributed by atoms with van der Waals surface area (Å²) in [5, 5.41) is 12.3. The lowest BCUT2D eigenvalue weighted by Gasteiger charge is -2.39. The number of nitrogens with one attached hydrogen (secondary N) is 1. The van der Waals surface area contributed by atoms with Gasteiger partial charge in [-0.1, -0.05) is 31.4 Å². The number of hydrogen-bond acceptors (Lipinski definition) is 5. The Labute approximate surface area is 165 Å². The molecule has 0 radical (unpaired) electrons. The second kappa shape index (κ2) is 9.36. The van der Waals surface area contributed by atoms with Gasteiger partial charge in [0.15, 0.2) is 6.10 Å². The molecule has 1 saturated carbocycles. The van der Waals surface area contributed by atoms with E-state index < -0.39 is 17.6 Å². The van der Waals surface area contributed by atoms with Crippen molar-refractivity contribution in [1.29, 1.82) is 5.26 Å². The van der Waals surface area contributed by atoms with Crippen LogP contribution in [0.2, 0.25) is 0 Å². The van der Waals surface area contributed by atoms with E-state index in [-0.39, 0.29) is 18.2 Å². The van der Waals surface area contributed by atoms with Gasteiger partial charge in [0.05, 0.1) is 12.5 Å². The van der Waals surface area contributed by atoms with Crippen LogP contribution >= 0.6 is 0 Å². The molecule has 7 nitrogen and oxygen atoms in total. The zero-order valence-electron chi connectivity index (χ0n) is 16.7. The van der Waals surface area contributed by atoms with Crippen molar-refractivity contribution in [2.45, 2.75) is 64.0 Å². The van der Waals surface area contributed by atoms with Crippen molar-refractivity contribution in [3.63, 3.8) is 0 Å². The molecule has 0 bridgehead atoms. The Hall–Kier alpha value is -2.88. The molecular formula is C21H27N3O4. The van der Waals surface area contributed by atoms with E-state index >= 15 is 0 Å². The van der Waals surface area contributed by atoms with Crippen molar-refractivity contribution in [2.75, 3.05) is 12.4 Å². The van der Waals surface area contributed by atoms with Gasteiger partial charge in [-0.25, -0.2) is 0 Å². The summed E-state index contributed by atoms with van der Waals surface area (Å²) in [6.07, 6.45) is 3.24. The Morgan fingerprint density at radius 1 is 1.21 bits per heavy atom. The third-order valence-electron chi connectivity index (χ3n) is 5.14. The zero-order valence-corrected chi connectivity index (χ0v) is 16.7. The van der Waals surface area contributed by atoms with E-state index in [0.29, 0.717) is 24.1 Å². The summed E-state index contributed by atoms with van der Waals surface area (Å²) in [5.41, 5.74) is 0.548. The topological polar surface area (TPSA) is 99.5 Å². The predicted molar refractivity (Wildman–Crippen MR) is 104 cm³/mol. The average Bonchev–Trinajstić information content (AvgIpc) is 2.68. The van der Waals surface area contributed by atoms with E-state index in [1.165, 1.54) is 18.7 Å². The van der Waals surface area contributed by atoms with Crippen LogP contribution in [0.1, 0.15) is 51.5 Å². The number of nitriles is 1. The number of hydrogen-bond donors (Lipinski definition) is 1. The Balaban J connectivity index is 1.93. The number of esters is 1. The van der Waals surface area contributed by atoms with Crippen LogP contribution in [0.15, 0.2) is 24.3 Å². The lowest BCUT2D eigenvalue weighted by molar-refractivity contribution is -0.160. The maximum Gasteiger partial charge on any atom is 0.311 e. The zero-order chi connectivity index (χ0) is 20.7. The minimum Gasteiger partial charge on any atom is -0.452 e. The van der Waals surface area contributed by atoms with E-state index in [9.17, 15) is 19.6 Å². The Kier molecular flexibility index (Phi) is 7.16. The second-order valence-electron chi connectivity index (χ2n) is 7.29. The molecule has 2 amide bonds. The van der Waals surface area contributed by atoms with E-state index in [0.717, 1.165) is 19.3 Å². The van der Waals surface area contributed by atoms with Crippen LogP contribution in [0.3, 0.4) is 0 Å². The molecule has 0 aromatic heterocycles. The number of nitrogens with zero attached hydrogens (tertiary/aromatic N) is 2. The molecule has 0 unspecified atom stereocenters. The number of likely N-dealkylation sites (N-methyl/N-ethyl adjacent to an activating group) is 1. The summed E-state index contributed by atoms with van der Waals surface area (Å²) in [4.78, 5) is 37.4. The molecule has 1 atom stereocenters. The summed E-state index contributed by atoms with van der Waals surface area (Å²) in [6.45, 7) is 2.95. The van der Waals surface area contributed by atoms with Crippen molar-refractivity contribution in [1.82, 2.24) is 4.90 Å². The number of carbonyl (C=O) groups is 3. The second-order valence-corrected chi connectivity index (χ2v) is 7.29. The van der Waals surface area contributed by atoms with E-state index in [4.69, 9.17) is 4.74 Å². The first-order valence-electron chi connectivity index (χ1n) is 9.52. The molecule has 0 saturated heterocycles. The lowest BCUT2D eigenvalue weighted by Crippen LogP contribution is -2.53. The van der Waals surface area contributed by atoms with Gasteiger partial charge in [-0.2, -0.15) is 5.26 Å². The number of anilines is 1. The number of ether oxygens (including phenoxy) is 1. The van der Waals surface area contributed by atoms with E-state index in [1.807, 2.05) is 0 Å². The van der Waals surface area contributed by atoms with Gasteiger partial charge in [-0.15, -0.1) is 0 Å². The van der Waals surface area contributed by atoms with E-state index in [2.05, 4.69) is 11.4 Å². The van der Waals surface area contributed by atoms with Crippen LogP contribution in [0.5, 0.6) is 0 Å². The largest absolute Gasteiger partial charge is 0.452 e. The Bertz CT molecular complexity index is 761. The molecule has 1 fully saturated rings. The summed E-state index contributed by atoms with van der Waals surface area (Å²) in [5.74, 6) is -1.05. The molecule has 1 aliphatic carbocycles. The average molecular weight is 385 g/mol. The van der Waals surface area contributed by atoms with Gasteiger partial charge in [0.2, 0.25) is 5.91 Å². The first-order valence-corrected chi connectivity index (χ1v) is 9.52. The molecule has 2 rings (SSSR count). The van der Waals surface area contributed by atoms with Crippen LogP contribution in [-0.4, -0.2) is 41.4 Å². The van der Waals surface area contributed by atoms with Crippen molar-refractivity contribution in [3.8, 4) is 6.07 Å². The number of benzene rings is 1. The molecule has 1 aromatic rings. The van der Waals surface area contributed by atoms with Crippen LogP contribution in [0, 0.1) is 11.3 Å². The first-order chi connectivity index (χ1) is 13.3. The van der Waals surface area contributed by atoms with Crippen LogP contribution in [0.25, 0.3) is 0 Å². The minimum absolute atomic E-state index is 0.0189. The summed E-state index contributed by atoms with van der Waals surface area (Å²) in [6, 6.07) is 9.14. The predicted octanol–water partition coefficient (Wildman–Crippen LogP) is 2.80. The van der Waals surface area contributed by atoms with Gasteiger partial charge in [0.1, 0.15) is 5.54 Å². The molecule has 0 aliphatic heterocycles. The molecule has 0 spiro atoms. The SMILES string of the molecule is CC(=O)Nc1ccc(CC(=O)O[C@H](C)C(=O)N(C)C2(C#N)CCCCC2)cc1. The fraction of sp³-hybridized carbons (Fsp3) is 0.524. The fourth-order valence-corrected chi connectivity index (χ4v) is 3.51. The fourth-order valence-electron chi connectivity index (χ4n) is 3.51. The quantitative estimate of drug-likeness (QED) is 0.759. The van der Waals surface area contributed by atoms with Gasteiger partial charge in [0.25, 0.3) is 5.91 Å². The summed E-state index contributed by atoms with van der Waals surface area (Å²) < 4.78 is 5.30. The highest BCUT2D eigenvalue weighted by atomic mass is 16.5. The Morgan fingerprint density at radius 3 is 2.36 bits per heavy atom. The summed E-state index contributed by atoms with van der Waals surface area (Å²) >= 11 is 0. The highest BCUT2D eigenvalue weighted by molar-refractivity contribution is 5.88. The van der Waals surface area contributed by atoms with Crippen LogP contribution in [0.4, 0.5) is 5.69 Å². The standard InChI is InChI=1S/C21H27N3O4/c1-15(20(27)24(3)21(14-22)11-5-4-6-12-21)28-19(26)13-17-7-9-18(10-8-17)23-16(2)25/h7-10,15H,4-6,11-13H2,1-3H3,(H,23,25)/t15-/m1/s1. The molecule has 7 heteroatoms. The molecular weight excluding hydrogens is 358 g/mol. The van der Waals surface area contributed by atoms with Crippen molar-refractivity contribution in [3.05, 3.63) is 29.8 Å². The molecule has 1 N–H and O–H groups in total. The van der Waals surface area contributed by atoms with Gasteiger partial charge < -0.3 is 15.0 Å². The number of amides is 2. The highest BCUT2D eigenvalue weighted by Crippen LogP contribution is 2.32. The van der Waals surface area contributed by atoms with E-state index in [1.54, 1.807) is 31.3 Å². The maximum atomic E-state index is 12.7. The molecule has 0 heterocycles. The van der Waals surface area contributed by atoms with Crippen LogP contribution in [-0.2, 0) is 25.5 Å². The molecule has 1 aromatic carbocycles. The van der Waals surface area contributed by atoms with Crippen molar-refractivity contribution in [2.24, 2.45) is 0 Å². The third kappa shape index (κ3) is 5.32. The van der Waals surface area contributed by atoms with Crippen molar-refractivity contribution < 1.29 is 19.1 Å². The van der Waals surface area contributed by atoms with Gasteiger partial charge >= 0.3 is 5.97 Å². The third-order valence-corrected chi connectivity index (χ3v) is 5.14. The van der Waals surface area contributed by atoms with Crippen molar-refractivity contribution >= 4 is 23.5 Å². The molecule has 150 valence electrons. The smallest absolute Gasteiger partial charge is 0.311 e. The Morgan fingerprint density at radius 2 is 1.82 bits per heavy atom. The molecule has 1 aliphatic rings. The first kappa shape index (κ1) is 21.4. The molecule has 28 heavy (non-hydrogen) atoms.